The van der Waals surface area contributed by atoms with Crippen molar-refractivity contribution in [3.63, 3.8) is 0 Å². The number of phenolic OH excluding ortho intramolecular Hbond substituents is 2. The van der Waals surface area contributed by atoms with Gasteiger partial charge in [0, 0.05) is 22.7 Å². The summed E-state index contributed by atoms with van der Waals surface area (Å²) in [5.74, 6) is -0.00000623. The standard InChI is InChI=1S/C17H13N3O2S/c18-8-7-11-1-3-12(4-2-11)19-17-20-15(10-23-17)14-6-5-13(21)9-16(14)22/h1-6,9-10,21-22H,7H2,(H,19,20). The predicted octanol–water partition coefficient (Wildman–Crippen LogP) is 4.03. The van der Waals surface area contributed by atoms with E-state index in [1.807, 2.05) is 29.6 Å². The number of nitriles is 1. The molecular weight excluding hydrogens is 310 g/mol. The average Bonchev–Trinajstić information content (AvgIpc) is 2.98. The van der Waals surface area contributed by atoms with Crippen LogP contribution in [0.5, 0.6) is 11.5 Å². The number of hydrogen-bond acceptors (Lipinski definition) is 6. The van der Waals surface area contributed by atoms with E-state index in [0.717, 1.165) is 11.3 Å². The van der Waals surface area contributed by atoms with Crippen molar-refractivity contribution in [3.05, 3.63) is 53.4 Å². The zero-order valence-electron chi connectivity index (χ0n) is 12.0. The second kappa shape index (κ2) is 6.38. The number of thiazole rings is 1. The zero-order valence-corrected chi connectivity index (χ0v) is 12.8. The van der Waals surface area contributed by atoms with Gasteiger partial charge >= 0.3 is 0 Å². The molecule has 6 heteroatoms. The maximum absolute atomic E-state index is 9.88. The van der Waals surface area contributed by atoms with Crippen LogP contribution in [-0.4, -0.2) is 15.2 Å². The van der Waals surface area contributed by atoms with Crippen LogP contribution >= 0.6 is 11.3 Å². The molecule has 2 aromatic carbocycles. The van der Waals surface area contributed by atoms with Crippen molar-refractivity contribution in [2.45, 2.75) is 6.42 Å². The molecule has 5 nitrogen and oxygen atoms in total. The Morgan fingerprint density at radius 3 is 2.61 bits per heavy atom. The van der Waals surface area contributed by atoms with E-state index in [1.165, 1.54) is 23.5 Å². The smallest absolute Gasteiger partial charge is 0.187 e. The number of aromatic nitrogens is 1. The lowest BCUT2D eigenvalue weighted by atomic mass is 10.1. The van der Waals surface area contributed by atoms with Gasteiger partial charge in [0.05, 0.1) is 18.2 Å². The molecule has 0 aliphatic rings. The van der Waals surface area contributed by atoms with Crippen molar-refractivity contribution in [1.82, 2.24) is 4.98 Å². The van der Waals surface area contributed by atoms with Gasteiger partial charge in [-0.2, -0.15) is 5.26 Å². The van der Waals surface area contributed by atoms with Crippen LogP contribution in [0.4, 0.5) is 10.8 Å². The summed E-state index contributed by atoms with van der Waals surface area (Å²) in [6.07, 6.45) is 0.391. The minimum atomic E-state index is -0.0114. The third-order valence-corrected chi connectivity index (χ3v) is 4.01. The summed E-state index contributed by atoms with van der Waals surface area (Å²) in [6, 6.07) is 14.1. The Balaban J connectivity index is 1.78. The molecule has 0 aliphatic heterocycles. The van der Waals surface area contributed by atoms with Crippen LogP contribution in [0.1, 0.15) is 5.56 Å². The van der Waals surface area contributed by atoms with Crippen LogP contribution in [0, 0.1) is 11.3 Å². The summed E-state index contributed by atoms with van der Waals surface area (Å²) in [5.41, 5.74) is 3.04. The lowest BCUT2D eigenvalue weighted by Gasteiger charge is -2.04. The molecule has 23 heavy (non-hydrogen) atoms. The SMILES string of the molecule is N#CCc1ccc(Nc2nc(-c3ccc(O)cc3O)cs2)cc1. The lowest BCUT2D eigenvalue weighted by Crippen LogP contribution is -1.90. The molecule has 0 fully saturated rings. The van der Waals surface area contributed by atoms with Gasteiger partial charge < -0.3 is 15.5 Å². The van der Waals surface area contributed by atoms with E-state index < -0.39 is 0 Å². The van der Waals surface area contributed by atoms with E-state index in [4.69, 9.17) is 5.26 Å². The van der Waals surface area contributed by atoms with E-state index in [1.54, 1.807) is 6.07 Å². The molecule has 1 heterocycles. The monoisotopic (exact) mass is 323 g/mol. The Bertz CT molecular complexity index is 866. The van der Waals surface area contributed by atoms with E-state index in [2.05, 4.69) is 16.4 Å². The van der Waals surface area contributed by atoms with Crippen molar-refractivity contribution in [2.24, 2.45) is 0 Å². The number of anilines is 2. The molecule has 0 atom stereocenters. The fourth-order valence-corrected chi connectivity index (χ4v) is 2.84. The van der Waals surface area contributed by atoms with E-state index in [0.29, 0.717) is 22.8 Å². The molecule has 0 radical (unpaired) electrons. The molecule has 0 saturated carbocycles. The average molecular weight is 323 g/mol. The van der Waals surface area contributed by atoms with Gasteiger partial charge in [-0.05, 0) is 29.8 Å². The van der Waals surface area contributed by atoms with Gasteiger partial charge in [-0.25, -0.2) is 4.98 Å². The highest BCUT2D eigenvalue weighted by Crippen LogP contribution is 2.34. The second-order valence-corrected chi connectivity index (χ2v) is 5.75. The summed E-state index contributed by atoms with van der Waals surface area (Å²) in [4.78, 5) is 4.44. The third-order valence-electron chi connectivity index (χ3n) is 3.25. The van der Waals surface area contributed by atoms with Gasteiger partial charge in [-0.3, -0.25) is 0 Å². The fraction of sp³-hybridized carbons (Fsp3) is 0.0588. The first-order valence-electron chi connectivity index (χ1n) is 6.86. The number of nitrogens with zero attached hydrogens (tertiary/aromatic N) is 2. The molecule has 1 aromatic heterocycles. The highest BCUT2D eigenvalue weighted by molar-refractivity contribution is 7.14. The second-order valence-electron chi connectivity index (χ2n) is 4.90. The number of aromatic hydroxyl groups is 2. The zero-order chi connectivity index (χ0) is 16.2. The molecule has 0 unspecified atom stereocenters. The maximum atomic E-state index is 9.88. The largest absolute Gasteiger partial charge is 0.508 e. The molecule has 0 aliphatic carbocycles. The van der Waals surface area contributed by atoms with Crippen molar-refractivity contribution >= 4 is 22.2 Å². The van der Waals surface area contributed by atoms with Gasteiger partial charge in [-0.1, -0.05) is 12.1 Å². The molecular formula is C17H13N3O2S. The Morgan fingerprint density at radius 2 is 1.91 bits per heavy atom. The van der Waals surface area contributed by atoms with Gasteiger partial charge in [0.25, 0.3) is 0 Å². The topological polar surface area (TPSA) is 89.2 Å². The molecule has 3 rings (SSSR count). The van der Waals surface area contributed by atoms with Gasteiger partial charge in [0.15, 0.2) is 5.13 Å². The normalized spacial score (nSPS) is 10.2. The first-order chi connectivity index (χ1) is 11.2. The highest BCUT2D eigenvalue weighted by atomic mass is 32.1. The predicted molar refractivity (Wildman–Crippen MR) is 89.9 cm³/mol. The highest BCUT2D eigenvalue weighted by Gasteiger charge is 2.10. The number of phenols is 2. The van der Waals surface area contributed by atoms with Crippen molar-refractivity contribution in [1.29, 1.82) is 5.26 Å². The molecule has 0 saturated heterocycles. The first kappa shape index (κ1) is 14.9. The Hall–Kier alpha value is -3.04. The molecule has 3 N–H and O–H groups in total. The quantitative estimate of drug-likeness (QED) is 0.674. The van der Waals surface area contributed by atoms with Crippen LogP contribution < -0.4 is 5.32 Å². The number of rotatable bonds is 4. The molecule has 0 spiro atoms. The molecule has 0 amide bonds. The Morgan fingerprint density at radius 1 is 1.13 bits per heavy atom. The summed E-state index contributed by atoms with van der Waals surface area (Å²) in [6.45, 7) is 0. The molecule has 3 aromatic rings. The lowest BCUT2D eigenvalue weighted by molar-refractivity contribution is 0.452. The van der Waals surface area contributed by atoms with Gasteiger partial charge in [0.2, 0.25) is 0 Å². The fourth-order valence-electron chi connectivity index (χ4n) is 2.11. The summed E-state index contributed by atoms with van der Waals surface area (Å²) < 4.78 is 0. The van der Waals surface area contributed by atoms with Crippen LogP contribution in [0.2, 0.25) is 0 Å². The number of hydrogen-bond donors (Lipinski definition) is 3. The Labute approximate surface area is 137 Å². The molecule has 0 bridgehead atoms. The van der Waals surface area contributed by atoms with Crippen molar-refractivity contribution in [2.75, 3.05) is 5.32 Å². The minimum absolute atomic E-state index is 0.0114. The molecule has 114 valence electrons. The number of nitrogens with one attached hydrogen (secondary N) is 1. The summed E-state index contributed by atoms with van der Waals surface area (Å²) in [5, 5.41) is 33.6. The van der Waals surface area contributed by atoms with Crippen LogP contribution in [-0.2, 0) is 6.42 Å². The van der Waals surface area contributed by atoms with E-state index in [9.17, 15) is 10.2 Å². The van der Waals surface area contributed by atoms with Crippen molar-refractivity contribution in [3.8, 4) is 28.8 Å². The minimum Gasteiger partial charge on any atom is -0.508 e. The third kappa shape index (κ3) is 3.42. The van der Waals surface area contributed by atoms with Crippen LogP contribution in [0.3, 0.4) is 0 Å². The van der Waals surface area contributed by atoms with Gasteiger partial charge in [0.1, 0.15) is 11.5 Å². The first-order valence-corrected chi connectivity index (χ1v) is 7.74. The Kier molecular flexibility index (Phi) is 4.13. The van der Waals surface area contributed by atoms with E-state index >= 15 is 0 Å². The van der Waals surface area contributed by atoms with E-state index in [-0.39, 0.29) is 11.5 Å². The van der Waals surface area contributed by atoms with Crippen LogP contribution in [0.15, 0.2) is 47.8 Å². The van der Waals surface area contributed by atoms with Crippen LogP contribution in [0.25, 0.3) is 11.3 Å². The van der Waals surface area contributed by atoms with Crippen molar-refractivity contribution < 1.29 is 10.2 Å². The summed E-state index contributed by atoms with van der Waals surface area (Å²) >= 11 is 1.42. The van der Waals surface area contributed by atoms with Gasteiger partial charge in [-0.15, -0.1) is 11.3 Å². The number of benzene rings is 2. The maximum Gasteiger partial charge on any atom is 0.187 e. The summed E-state index contributed by atoms with van der Waals surface area (Å²) in [7, 11) is 0.